The number of hydrogen-bond acceptors (Lipinski definition) is 4. The summed E-state index contributed by atoms with van der Waals surface area (Å²) in [7, 11) is 1.53. The number of H-pyrrole nitrogens is 1. The maximum Gasteiger partial charge on any atom is 0.332 e. The lowest BCUT2D eigenvalue weighted by Crippen LogP contribution is -2.38. The summed E-state index contributed by atoms with van der Waals surface area (Å²) in [6.07, 6.45) is 0.742. The average molecular weight is 471 g/mol. The zero-order chi connectivity index (χ0) is 24.9. The van der Waals surface area contributed by atoms with E-state index in [-0.39, 0.29) is 17.2 Å². The number of imidazole rings is 1. The summed E-state index contributed by atoms with van der Waals surface area (Å²) in [5, 5.41) is 7.58. The monoisotopic (exact) mass is 470 g/mol. The molecule has 1 N–H and O–H groups in total. The number of aromatic nitrogens is 6. The van der Waals surface area contributed by atoms with Crippen molar-refractivity contribution in [1.82, 2.24) is 28.9 Å². The zero-order valence-electron chi connectivity index (χ0n) is 20.8. The van der Waals surface area contributed by atoms with Gasteiger partial charge in [0, 0.05) is 25.7 Å². The lowest BCUT2D eigenvalue weighted by atomic mass is 10.0. The summed E-state index contributed by atoms with van der Waals surface area (Å²) in [5.74, 6) is 1.05. The molecule has 0 amide bonds. The van der Waals surface area contributed by atoms with Crippen molar-refractivity contribution < 1.29 is 0 Å². The molecule has 0 bridgehead atoms. The molecule has 0 saturated carbocycles. The lowest BCUT2D eigenvalue weighted by molar-refractivity contribution is 0.498. The summed E-state index contributed by atoms with van der Waals surface area (Å²) < 4.78 is 4.64. The fourth-order valence-corrected chi connectivity index (χ4v) is 4.76. The number of nitrogens with zero attached hydrogens (tertiary/aromatic N) is 5. The van der Waals surface area contributed by atoms with Crippen LogP contribution in [0.3, 0.4) is 0 Å². The second-order valence-electron chi connectivity index (χ2n) is 9.50. The Hall–Kier alpha value is -3.94. The Bertz CT molecular complexity index is 1680. The topological polar surface area (TPSA) is 90.5 Å². The average Bonchev–Trinajstić information content (AvgIpc) is 3.40. The largest absolute Gasteiger partial charge is 0.346 e. The maximum absolute atomic E-state index is 13.5. The minimum atomic E-state index is -0.357. The molecular weight excluding hydrogens is 440 g/mol. The van der Waals surface area contributed by atoms with Crippen LogP contribution >= 0.6 is 0 Å². The van der Waals surface area contributed by atoms with Crippen molar-refractivity contribution in [3.8, 4) is 11.4 Å². The van der Waals surface area contributed by atoms with Crippen molar-refractivity contribution in [3.05, 3.63) is 80.4 Å². The molecule has 0 fully saturated rings. The van der Waals surface area contributed by atoms with Crippen LogP contribution in [0, 0.1) is 12.8 Å². The summed E-state index contributed by atoms with van der Waals surface area (Å²) in [4.78, 5) is 34.8. The van der Waals surface area contributed by atoms with Gasteiger partial charge in [0.15, 0.2) is 5.65 Å². The van der Waals surface area contributed by atoms with Crippen LogP contribution in [0.5, 0.6) is 0 Å². The molecule has 0 atom stereocenters. The lowest BCUT2D eigenvalue weighted by Gasteiger charge is -2.10. The first-order valence-electron chi connectivity index (χ1n) is 12.0. The molecule has 0 aliphatic rings. The molecule has 0 aliphatic carbocycles. The normalized spacial score (nSPS) is 11.8. The Morgan fingerprint density at radius 1 is 1.06 bits per heavy atom. The van der Waals surface area contributed by atoms with Crippen molar-refractivity contribution in [3.63, 3.8) is 0 Å². The van der Waals surface area contributed by atoms with Gasteiger partial charge in [0.1, 0.15) is 22.6 Å². The van der Waals surface area contributed by atoms with Crippen LogP contribution in [0.25, 0.3) is 33.2 Å². The molecule has 0 radical (unpaired) electrons. The minimum Gasteiger partial charge on any atom is -0.346 e. The van der Waals surface area contributed by atoms with Gasteiger partial charge >= 0.3 is 5.69 Å². The smallest absolute Gasteiger partial charge is 0.332 e. The third-order valence-electron chi connectivity index (χ3n) is 6.47. The van der Waals surface area contributed by atoms with Gasteiger partial charge in [-0.15, -0.1) is 0 Å². The molecule has 5 aromatic rings. The quantitative estimate of drug-likeness (QED) is 0.406. The summed E-state index contributed by atoms with van der Waals surface area (Å²) in [6.45, 7) is 8.99. The highest BCUT2D eigenvalue weighted by atomic mass is 16.2. The molecule has 0 spiro atoms. The first kappa shape index (κ1) is 22.8. The predicted octanol–water partition coefficient (Wildman–Crippen LogP) is 4.02. The molecular formula is C27H30N6O2. The second kappa shape index (κ2) is 8.69. The first-order chi connectivity index (χ1) is 16.8. The highest BCUT2D eigenvalue weighted by Crippen LogP contribution is 2.30. The summed E-state index contributed by atoms with van der Waals surface area (Å²) in [6, 6.07) is 14.4. The number of rotatable bonds is 6. The molecule has 2 aromatic carbocycles. The SMILES string of the molecule is CCc1nc(-c2c3c(=O)n(C)c(=O)n(CC(C)C)c3nn2Cc2cccc3ccccc23)c(C)[nH]1. The Labute approximate surface area is 202 Å². The highest BCUT2D eigenvalue weighted by molar-refractivity contribution is 5.91. The van der Waals surface area contributed by atoms with Gasteiger partial charge in [-0.25, -0.2) is 9.78 Å². The fourth-order valence-electron chi connectivity index (χ4n) is 4.76. The van der Waals surface area contributed by atoms with Gasteiger partial charge in [-0.05, 0) is 29.2 Å². The maximum atomic E-state index is 13.5. The van der Waals surface area contributed by atoms with E-state index < -0.39 is 0 Å². The van der Waals surface area contributed by atoms with Gasteiger partial charge in [0.05, 0.1) is 6.54 Å². The van der Waals surface area contributed by atoms with E-state index in [1.807, 2.05) is 50.6 Å². The fraction of sp³-hybridized carbons (Fsp3) is 0.333. The molecule has 0 saturated heterocycles. The predicted molar refractivity (Wildman–Crippen MR) is 139 cm³/mol. The molecule has 8 nitrogen and oxygen atoms in total. The van der Waals surface area contributed by atoms with E-state index in [1.54, 1.807) is 4.57 Å². The molecule has 0 aliphatic heterocycles. The molecule has 5 rings (SSSR count). The third kappa shape index (κ3) is 3.79. The van der Waals surface area contributed by atoms with Gasteiger partial charge in [-0.1, -0.05) is 63.2 Å². The van der Waals surface area contributed by atoms with E-state index >= 15 is 0 Å². The zero-order valence-corrected chi connectivity index (χ0v) is 20.8. The molecule has 35 heavy (non-hydrogen) atoms. The molecule has 3 aromatic heterocycles. The van der Waals surface area contributed by atoms with Gasteiger partial charge in [-0.2, -0.15) is 5.10 Å². The van der Waals surface area contributed by atoms with Gasteiger partial charge in [-0.3, -0.25) is 18.6 Å². The van der Waals surface area contributed by atoms with Crippen LogP contribution in [0.4, 0.5) is 0 Å². The Kier molecular flexibility index (Phi) is 5.67. The Morgan fingerprint density at radius 2 is 1.80 bits per heavy atom. The van der Waals surface area contributed by atoms with E-state index in [0.29, 0.717) is 35.5 Å². The van der Waals surface area contributed by atoms with E-state index in [1.165, 1.54) is 11.6 Å². The van der Waals surface area contributed by atoms with Crippen LogP contribution in [-0.2, 0) is 26.6 Å². The van der Waals surface area contributed by atoms with Crippen molar-refractivity contribution in [2.45, 2.75) is 47.2 Å². The minimum absolute atomic E-state index is 0.207. The molecule has 3 heterocycles. The Balaban J connectivity index is 1.86. The van der Waals surface area contributed by atoms with Gasteiger partial charge in [0.25, 0.3) is 5.56 Å². The van der Waals surface area contributed by atoms with E-state index in [0.717, 1.165) is 34.3 Å². The van der Waals surface area contributed by atoms with Crippen LogP contribution in [0.2, 0.25) is 0 Å². The van der Waals surface area contributed by atoms with Gasteiger partial charge < -0.3 is 4.98 Å². The van der Waals surface area contributed by atoms with E-state index in [4.69, 9.17) is 10.1 Å². The number of aryl methyl sites for hydroxylation is 2. The van der Waals surface area contributed by atoms with Crippen molar-refractivity contribution in [1.29, 1.82) is 0 Å². The molecule has 180 valence electrons. The number of hydrogen-bond donors (Lipinski definition) is 1. The third-order valence-corrected chi connectivity index (χ3v) is 6.47. The summed E-state index contributed by atoms with van der Waals surface area (Å²) in [5.41, 5.74) is 2.97. The molecule has 0 unspecified atom stereocenters. The van der Waals surface area contributed by atoms with E-state index in [2.05, 4.69) is 29.2 Å². The van der Waals surface area contributed by atoms with Crippen molar-refractivity contribution in [2.75, 3.05) is 0 Å². The van der Waals surface area contributed by atoms with Crippen LogP contribution in [-0.4, -0.2) is 28.9 Å². The van der Waals surface area contributed by atoms with E-state index in [9.17, 15) is 9.59 Å². The summed E-state index contributed by atoms with van der Waals surface area (Å²) >= 11 is 0. The van der Waals surface area contributed by atoms with Crippen LogP contribution < -0.4 is 11.2 Å². The number of aromatic amines is 1. The van der Waals surface area contributed by atoms with Gasteiger partial charge in [0.2, 0.25) is 0 Å². The highest BCUT2D eigenvalue weighted by Gasteiger charge is 2.25. The molecule has 8 heteroatoms. The Morgan fingerprint density at radius 3 is 2.51 bits per heavy atom. The van der Waals surface area contributed by atoms with Crippen LogP contribution in [0.15, 0.2) is 52.1 Å². The first-order valence-corrected chi connectivity index (χ1v) is 12.0. The standard InChI is InChI=1S/C27H30N6O2/c1-6-21-28-17(4)23(29-21)24-22-25(32(14-16(2)3)27(35)31(5)26(22)34)30-33(24)15-19-12-9-11-18-10-7-8-13-20(18)19/h7-13,16H,6,14-15H2,1-5H3,(H,28,29). The van der Waals surface area contributed by atoms with Crippen molar-refractivity contribution in [2.24, 2.45) is 13.0 Å². The number of nitrogens with one attached hydrogen (secondary N) is 1. The number of fused-ring (bicyclic) bond motifs is 2. The number of benzene rings is 2. The van der Waals surface area contributed by atoms with Crippen LogP contribution in [0.1, 0.15) is 37.9 Å². The van der Waals surface area contributed by atoms with Crippen molar-refractivity contribution >= 4 is 21.8 Å². The second-order valence-corrected chi connectivity index (χ2v) is 9.50.